The Balaban J connectivity index is 0.00000361. The van der Waals surface area contributed by atoms with Gasteiger partial charge >= 0.3 is 0 Å². The molecule has 1 rings (SSSR count). The van der Waals surface area contributed by atoms with Crippen LogP contribution in [-0.2, 0) is 14.8 Å². The summed E-state index contributed by atoms with van der Waals surface area (Å²) in [6, 6.07) is 3.26. The van der Waals surface area contributed by atoms with Crippen molar-refractivity contribution < 1.29 is 13.2 Å². The molecule has 0 aromatic carbocycles. The Bertz CT molecular complexity index is 536. The minimum atomic E-state index is -3.62. The zero-order valence-corrected chi connectivity index (χ0v) is 15.0. The standard InChI is InChI=1S/C10H16BrN3O3S2.ClH/c1-7(12-2)5-13-9(15)6-14-19(16,17)10-4-3-8(11)18-10;/h3-4,7,12,14H,5-6H2,1-2H3,(H,13,15);1H. The fourth-order valence-corrected chi connectivity index (χ4v) is 4.14. The van der Waals surface area contributed by atoms with Crippen molar-refractivity contribution in [2.75, 3.05) is 20.1 Å². The van der Waals surface area contributed by atoms with Gasteiger partial charge in [0.25, 0.3) is 10.0 Å². The topological polar surface area (TPSA) is 87.3 Å². The van der Waals surface area contributed by atoms with E-state index in [1.807, 2.05) is 6.92 Å². The molecule has 0 aliphatic carbocycles. The van der Waals surface area contributed by atoms with E-state index in [2.05, 4.69) is 31.3 Å². The van der Waals surface area contributed by atoms with Crippen molar-refractivity contribution >= 4 is 55.6 Å². The monoisotopic (exact) mass is 405 g/mol. The highest BCUT2D eigenvalue weighted by molar-refractivity contribution is 9.11. The van der Waals surface area contributed by atoms with E-state index in [1.165, 1.54) is 6.07 Å². The number of carbonyl (C=O) groups is 1. The lowest BCUT2D eigenvalue weighted by atomic mass is 10.3. The van der Waals surface area contributed by atoms with Gasteiger partial charge in [0.15, 0.2) is 0 Å². The van der Waals surface area contributed by atoms with E-state index in [4.69, 9.17) is 0 Å². The second kappa shape index (κ2) is 8.96. The summed E-state index contributed by atoms with van der Waals surface area (Å²) in [4.78, 5) is 11.5. The van der Waals surface area contributed by atoms with Gasteiger partial charge in [-0.1, -0.05) is 0 Å². The van der Waals surface area contributed by atoms with Crippen LogP contribution in [0.1, 0.15) is 6.92 Å². The first-order chi connectivity index (χ1) is 8.85. The molecule has 1 heterocycles. The molecule has 116 valence electrons. The normalized spacial score (nSPS) is 12.6. The molecule has 1 unspecified atom stereocenters. The molecule has 1 atom stereocenters. The van der Waals surface area contributed by atoms with E-state index in [0.29, 0.717) is 6.54 Å². The summed E-state index contributed by atoms with van der Waals surface area (Å²) >= 11 is 4.29. The van der Waals surface area contributed by atoms with E-state index in [9.17, 15) is 13.2 Å². The molecule has 20 heavy (non-hydrogen) atoms. The predicted octanol–water partition coefficient (Wildman–Crippen LogP) is 0.935. The van der Waals surface area contributed by atoms with E-state index in [-0.39, 0.29) is 35.1 Å². The van der Waals surface area contributed by atoms with Crippen LogP contribution in [0.25, 0.3) is 0 Å². The maximum Gasteiger partial charge on any atom is 0.250 e. The molecule has 0 fully saturated rings. The van der Waals surface area contributed by atoms with E-state index >= 15 is 0 Å². The van der Waals surface area contributed by atoms with E-state index in [0.717, 1.165) is 15.1 Å². The Morgan fingerprint density at radius 1 is 1.45 bits per heavy atom. The van der Waals surface area contributed by atoms with Crippen molar-refractivity contribution in [1.29, 1.82) is 0 Å². The fraction of sp³-hybridized carbons (Fsp3) is 0.500. The second-order valence-electron chi connectivity index (χ2n) is 3.88. The number of halogens is 2. The average Bonchev–Trinajstić information content (AvgIpc) is 2.81. The molecule has 6 nitrogen and oxygen atoms in total. The molecule has 0 aliphatic rings. The lowest BCUT2D eigenvalue weighted by molar-refractivity contribution is -0.120. The van der Waals surface area contributed by atoms with Gasteiger partial charge in [-0.3, -0.25) is 4.79 Å². The van der Waals surface area contributed by atoms with Crippen LogP contribution in [0.2, 0.25) is 0 Å². The quantitative estimate of drug-likeness (QED) is 0.629. The van der Waals surface area contributed by atoms with E-state index in [1.54, 1.807) is 13.1 Å². The number of hydrogen-bond donors (Lipinski definition) is 3. The SMILES string of the molecule is CNC(C)CNC(=O)CNS(=O)(=O)c1ccc(Br)s1.Cl. The summed E-state index contributed by atoms with van der Waals surface area (Å²) in [5.41, 5.74) is 0. The summed E-state index contributed by atoms with van der Waals surface area (Å²) in [7, 11) is -1.83. The number of thiophene rings is 1. The summed E-state index contributed by atoms with van der Waals surface area (Å²) in [5, 5.41) is 5.59. The first-order valence-corrected chi connectivity index (χ1v) is 8.63. The third kappa shape index (κ3) is 6.51. The lowest BCUT2D eigenvalue weighted by Gasteiger charge is -2.11. The maximum absolute atomic E-state index is 11.8. The highest BCUT2D eigenvalue weighted by Gasteiger charge is 2.17. The van der Waals surface area contributed by atoms with Crippen LogP contribution in [0.5, 0.6) is 0 Å². The minimum Gasteiger partial charge on any atom is -0.353 e. The largest absolute Gasteiger partial charge is 0.353 e. The molecule has 0 aliphatic heterocycles. The smallest absolute Gasteiger partial charge is 0.250 e. The van der Waals surface area contributed by atoms with Crippen LogP contribution in [0.4, 0.5) is 0 Å². The van der Waals surface area contributed by atoms with Crippen LogP contribution in [0.3, 0.4) is 0 Å². The lowest BCUT2D eigenvalue weighted by Crippen LogP contribution is -2.42. The Morgan fingerprint density at radius 2 is 2.10 bits per heavy atom. The molecule has 0 saturated heterocycles. The average molecular weight is 407 g/mol. The molecule has 1 aromatic heterocycles. The fourth-order valence-electron chi connectivity index (χ4n) is 1.11. The number of sulfonamides is 1. The minimum absolute atomic E-state index is 0. The zero-order valence-electron chi connectivity index (χ0n) is 11.0. The highest BCUT2D eigenvalue weighted by Crippen LogP contribution is 2.25. The summed E-state index contributed by atoms with van der Waals surface area (Å²) in [5.74, 6) is -0.360. The number of nitrogens with one attached hydrogen (secondary N) is 3. The summed E-state index contributed by atoms with van der Waals surface area (Å²) < 4.78 is 26.8. The van der Waals surface area contributed by atoms with Gasteiger partial charge < -0.3 is 10.6 Å². The molecule has 0 bridgehead atoms. The van der Waals surface area contributed by atoms with Crippen molar-refractivity contribution in [3.05, 3.63) is 15.9 Å². The number of amides is 1. The predicted molar refractivity (Wildman–Crippen MR) is 86.0 cm³/mol. The van der Waals surface area contributed by atoms with Crippen molar-refractivity contribution in [2.24, 2.45) is 0 Å². The van der Waals surface area contributed by atoms with Crippen LogP contribution in [0, 0.1) is 0 Å². The Morgan fingerprint density at radius 3 is 2.60 bits per heavy atom. The molecule has 10 heteroatoms. The molecular formula is C10H17BrClN3O3S2. The molecule has 0 radical (unpaired) electrons. The van der Waals surface area contributed by atoms with Crippen LogP contribution in [-0.4, -0.2) is 40.5 Å². The van der Waals surface area contributed by atoms with Crippen molar-refractivity contribution in [2.45, 2.75) is 17.2 Å². The van der Waals surface area contributed by atoms with Gasteiger partial charge in [0.2, 0.25) is 5.91 Å². The van der Waals surface area contributed by atoms with Gasteiger partial charge in [0.1, 0.15) is 4.21 Å². The number of likely N-dealkylation sites (N-methyl/N-ethyl adjacent to an activating group) is 1. The number of carbonyl (C=O) groups excluding carboxylic acids is 1. The number of rotatable bonds is 7. The van der Waals surface area contributed by atoms with Gasteiger partial charge in [-0.25, -0.2) is 13.1 Å². The van der Waals surface area contributed by atoms with Crippen LogP contribution in [0.15, 0.2) is 20.1 Å². The van der Waals surface area contributed by atoms with Gasteiger partial charge in [-0.05, 0) is 42.0 Å². The van der Waals surface area contributed by atoms with Gasteiger partial charge in [-0.15, -0.1) is 23.7 Å². The van der Waals surface area contributed by atoms with Gasteiger partial charge in [-0.2, -0.15) is 0 Å². The van der Waals surface area contributed by atoms with Gasteiger partial charge in [0.05, 0.1) is 10.3 Å². The van der Waals surface area contributed by atoms with Crippen molar-refractivity contribution in [3.8, 4) is 0 Å². The van der Waals surface area contributed by atoms with Crippen LogP contribution < -0.4 is 15.4 Å². The molecule has 1 amide bonds. The van der Waals surface area contributed by atoms with Crippen molar-refractivity contribution in [3.63, 3.8) is 0 Å². The first kappa shape index (κ1) is 19.8. The third-order valence-electron chi connectivity index (χ3n) is 2.33. The zero-order chi connectivity index (χ0) is 14.5. The van der Waals surface area contributed by atoms with Crippen LogP contribution >= 0.6 is 39.7 Å². The first-order valence-electron chi connectivity index (χ1n) is 5.54. The highest BCUT2D eigenvalue weighted by atomic mass is 79.9. The maximum atomic E-state index is 11.8. The summed E-state index contributed by atoms with van der Waals surface area (Å²) in [6.07, 6.45) is 0. The number of hydrogen-bond acceptors (Lipinski definition) is 5. The summed E-state index contributed by atoms with van der Waals surface area (Å²) in [6.45, 7) is 2.09. The molecule has 1 aromatic rings. The molecule has 3 N–H and O–H groups in total. The van der Waals surface area contributed by atoms with E-state index < -0.39 is 10.0 Å². The second-order valence-corrected chi connectivity index (χ2v) is 8.33. The molecule has 0 spiro atoms. The Labute approximate surface area is 137 Å². The molecular weight excluding hydrogens is 390 g/mol. The van der Waals surface area contributed by atoms with Crippen molar-refractivity contribution in [1.82, 2.24) is 15.4 Å². The Hall–Kier alpha value is -0.190. The third-order valence-corrected chi connectivity index (χ3v) is 5.85. The molecule has 0 saturated carbocycles. The van der Waals surface area contributed by atoms with Gasteiger partial charge in [0, 0.05) is 12.6 Å². The Kier molecular flexibility index (Phi) is 8.87.